The Balaban J connectivity index is 1.60. The van der Waals surface area contributed by atoms with Gasteiger partial charge in [-0.3, -0.25) is 9.59 Å². The average Bonchev–Trinajstić information content (AvgIpc) is 3.13. The first kappa shape index (κ1) is 27.9. The third kappa shape index (κ3) is 4.94. The molecule has 3 aliphatic heterocycles. The Morgan fingerprint density at radius 2 is 1.98 bits per heavy atom. The Morgan fingerprint density at radius 1 is 1.20 bits per heavy atom. The van der Waals surface area contributed by atoms with Crippen LogP contribution in [-0.4, -0.2) is 58.0 Å². The number of benzene rings is 2. The van der Waals surface area contributed by atoms with Crippen molar-refractivity contribution in [1.29, 1.82) is 0 Å². The number of hydrogen-bond donors (Lipinski definition) is 3. The number of pyridine rings is 1. The van der Waals surface area contributed by atoms with Gasteiger partial charge in [0.05, 0.1) is 18.9 Å². The van der Waals surface area contributed by atoms with Crippen LogP contribution in [0.15, 0.2) is 40.0 Å². The van der Waals surface area contributed by atoms with Crippen LogP contribution in [0.2, 0.25) is 0 Å². The Kier molecular flexibility index (Phi) is 7.17. The molecule has 1 aromatic heterocycles. The van der Waals surface area contributed by atoms with Crippen LogP contribution in [0.25, 0.3) is 11.3 Å². The van der Waals surface area contributed by atoms with Crippen molar-refractivity contribution in [2.75, 3.05) is 32.0 Å². The number of carbonyl (C=O) groups excluding carboxylic acids is 1. The molecule has 6 rings (SSSR count). The van der Waals surface area contributed by atoms with Gasteiger partial charge in [0.15, 0.2) is 17.3 Å². The third-order valence-electron chi connectivity index (χ3n) is 7.26. The van der Waals surface area contributed by atoms with Gasteiger partial charge in [0.1, 0.15) is 6.17 Å². The van der Waals surface area contributed by atoms with E-state index in [9.17, 15) is 14.2 Å². The molecule has 1 fully saturated rings. The summed E-state index contributed by atoms with van der Waals surface area (Å²) in [4.78, 5) is 48.0. The summed E-state index contributed by atoms with van der Waals surface area (Å²) in [6.07, 6.45) is -0.404. The highest BCUT2D eigenvalue weighted by atomic mass is 32.2. The van der Waals surface area contributed by atoms with Crippen molar-refractivity contribution in [3.05, 3.63) is 80.1 Å². The zero-order valence-electron chi connectivity index (χ0n) is 21.6. The van der Waals surface area contributed by atoms with Crippen molar-refractivity contribution >= 4 is 25.5 Å². The number of halogens is 2. The molecular weight excluding hydrogens is 583 g/mol. The molecule has 0 aliphatic carbocycles. The number of amides is 1. The minimum absolute atomic E-state index is 0.0313. The first-order valence-electron chi connectivity index (χ1n) is 12.5. The number of phosphoric ester groups is 1. The summed E-state index contributed by atoms with van der Waals surface area (Å²) in [6.45, 7) is 0.997. The molecule has 1 atom stereocenters. The van der Waals surface area contributed by atoms with E-state index < -0.39 is 49.5 Å². The lowest BCUT2D eigenvalue weighted by molar-refractivity contribution is -0.00353. The van der Waals surface area contributed by atoms with Crippen molar-refractivity contribution in [3.8, 4) is 17.0 Å². The molecular formula is C26H24F2N3O8PS. The molecule has 3 aliphatic rings. The fraction of sp³-hybridized carbons (Fsp3) is 0.308. The van der Waals surface area contributed by atoms with E-state index in [-0.39, 0.29) is 60.0 Å². The topological polar surface area (TPSA) is 140 Å². The summed E-state index contributed by atoms with van der Waals surface area (Å²) in [6, 6.07) is 8.54. The molecule has 0 unspecified atom stereocenters. The van der Waals surface area contributed by atoms with Crippen LogP contribution in [-0.2, 0) is 26.0 Å². The standard InChI is InChI=1S/C26H24F2N3O8PS/c1-13-22(16-9-18(27)21(28)17-11-41-19-5-3-2-4-14(19)8-15(16)17)31-23(25(24(13)32)38-12-39-40(34,35)36)26(33)30-6-7-37-10-20(30)29-31/h2-5,9,20,29H,6-8,10-12H2,1H3,(H2,34,35,36)/t20-/m0/s1. The van der Waals surface area contributed by atoms with Crippen molar-refractivity contribution < 1.29 is 41.9 Å². The minimum Gasteiger partial charge on any atom is -0.460 e. The largest absolute Gasteiger partial charge is 0.472 e. The fourth-order valence-electron chi connectivity index (χ4n) is 5.35. The van der Waals surface area contributed by atoms with Crippen molar-refractivity contribution in [1.82, 2.24) is 9.58 Å². The number of nitrogens with one attached hydrogen (secondary N) is 1. The van der Waals surface area contributed by atoms with Gasteiger partial charge in [-0.15, -0.1) is 11.8 Å². The lowest BCUT2D eigenvalue weighted by Gasteiger charge is -2.42. The van der Waals surface area contributed by atoms with Gasteiger partial charge in [-0.25, -0.2) is 22.5 Å². The average molecular weight is 608 g/mol. The number of carbonyl (C=O) groups is 1. The second kappa shape index (κ2) is 10.5. The minimum atomic E-state index is -4.95. The number of ether oxygens (including phenoxy) is 2. The predicted octanol–water partition coefficient (Wildman–Crippen LogP) is 3.10. The van der Waals surface area contributed by atoms with E-state index in [1.54, 1.807) is 0 Å². The monoisotopic (exact) mass is 607 g/mol. The first-order valence-corrected chi connectivity index (χ1v) is 15.1. The Hall–Kier alpha value is -3.26. The number of thioether (sulfide) groups is 1. The molecule has 41 heavy (non-hydrogen) atoms. The maximum atomic E-state index is 15.2. The molecule has 3 N–H and O–H groups in total. The van der Waals surface area contributed by atoms with Crippen LogP contribution in [0, 0.1) is 18.6 Å². The van der Waals surface area contributed by atoms with Gasteiger partial charge in [-0.2, -0.15) is 0 Å². The maximum absolute atomic E-state index is 15.2. The molecule has 4 heterocycles. The summed E-state index contributed by atoms with van der Waals surface area (Å²) in [5.74, 6) is -3.05. The molecule has 0 saturated carbocycles. The van der Waals surface area contributed by atoms with Crippen LogP contribution in [0.4, 0.5) is 8.78 Å². The van der Waals surface area contributed by atoms with E-state index in [1.165, 1.54) is 28.3 Å². The molecule has 0 spiro atoms. The molecule has 0 bridgehead atoms. The highest BCUT2D eigenvalue weighted by Crippen LogP contribution is 2.42. The van der Waals surface area contributed by atoms with E-state index >= 15 is 8.78 Å². The summed E-state index contributed by atoms with van der Waals surface area (Å²) in [5, 5.41) is 0. The van der Waals surface area contributed by atoms with Gasteiger partial charge in [0.25, 0.3) is 5.91 Å². The number of hydrogen-bond acceptors (Lipinski definition) is 8. The van der Waals surface area contributed by atoms with Crippen LogP contribution in [0.5, 0.6) is 5.75 Å². The highest BCUT2D eigenvalue weighted by Gasteiger charge is 2.40. The second-order valence-corrected chi connectivity index (χ2v) is 11.9. The SMILES string of the molecule is Cc1c(-c2cc(F)c(F)c3c2Cc2ccccc2SC3)n2c(c(OCOP(=O)(O)O)c1=O)C(=O)N1CCOC[C@H]1N2. The third-order valence-corrected chi connectivity index (χ3v) is 8.84. The lowest BCUT2D eigenvalue weighted by Crippen LogP contribution is -2.59. The maximum Gasteiger partial charge on any atom is 0.472 e. The number of fused-ring (bicyclic) bond motifs is 4. The van der Waals surface area contributed by atoms with E-state index in [0.29, 0.717) is 5.56 Å². The van der Waals surface area contributed by atoms with Gasteiger partial charge in [0.2, 0.25) is 18.0 Å². The van der Waals surface area contributed by atoms with Gasteiger partial charge in [-0.05, 0) is 36.6 Å². The molecule has 216 valence electrons. The number of aromatic nitrogens is 1. The first-order chi connectivity index (χ1) is 19.5. The summed E-state index contributed by atoms with van der Waals surface area (Å²) < 4.78 is 58.2. The zero-order valence-corrected chi connectivity index (χ0v) is 23.3. The zero-order chi connectivity index (χ0) is 29.1. The summed E-state index contributed by atoms with van der Waals surface area (Å²) in [5.41, 5.74) is 4.00. The molecule has 0 radical (unpaired) electrons. The molecule has 1 amide bonds. The Bertz CT molecular complexity index is 1690. The van der Waals surface area contributed by atoms with Gasteiger partial charge in [-0.1, -0.05) is 18.2 Å². The Morgan fingerprint density at radius 3 is 2.76 bits per heavy atom. The quantitative estimate of drug-likeness (QED) is 0.293. The van der Waals surface area contributed by atoms with Crippen LogP contribution < -0.4 is 15.6 Å². The van der Waals surface area contributed by atoms with E-state index in [1.807, 2.05) is 24.3 Å². The summed E-state index contributed by atoms with van der Waals surface area (Å²) >= 11 is 1.38. The normalized spacial score (nSPS) is 18.0. The molecule has 3 aromatic rings. The van der Waals surface area contributed by atoms with Gasteiger partial charge in [0, 0.05) is 33.9 Å². The van der Waals surface area contributed by atoms with E-state index in [4.69, 9.17) is 19.3 Å². The summed E-state index contributed by atoms with van der Waals surface area (Å²) in [7, 11) is -4.95. The van der Waals surface area contributed by atoms with Crippen molar-refractivity contribution in [2.24, 2.45) is 0 Å². The fourth-order valence-corrected chi connectivity index (χ4v) is 6.64. The number of nitrogens with zero attached hydrogens (tertiary/aromatic N) is 2. The van der Waals surface area contributed by atoms with Gasteiger partial charge >= 0.3 is 7.82 Å². The molecule has 2 aromatic carbocycles. The van der Waals surface area contributed by atoms with Gasteiger partial charge < -0.3 is 29.6 Å². The molecule has 1 saturated heterocycles. The number of rotatable bonds is 5. The van der Waals surface area contributed by atoms with Crippen LogP contribution >= 0.6 is 19.6 Å². The van der Waals surface area contributed by atoms with E-state index in [0.717, 1.165) is 16.5 Å². The number of phosphoric acid groups is 1. The van der Waals surface area contributed by atoms with Crippen LogP contribution in [0.3, 0.4) is 0 Å². The second-order valence-electron chi connectivity index (χ2n) is 9.67. The smallest absolute Gasteiger partial charge is 0.460 e. The van der Waals surface area contributed by atoms with Crippen molar-refractivity contribution in [3.63, 3.8) is 0 Å². The van der Waals surface area contributed by atoms with Crippen molar-refractivity contribution in [2.45, 2.75) is 30.2 Å². The molecule has 11 nitrogen and oxygen atoms in total. The van der Waals surface area contributed by atoms with Crippen LogP contribution in [0.1, 0.15) is 32.7 Å². The highest BCUT2D eigenvalue weighted by molar-refractivity contribution is 7.98. The van der Waals surface area contributed by atoms with E-state index in [2.05, 4.69) is 9.95 Å². The molecule has 15 heteroatoms. The predicted molar refractivity (Wildman–Crippen MR) is 143 cm³/mol. The number of morpholine rings is 1. The Labute approximate surface area is 236 Å². The lowest BCUT2D eigenvalue weighted by atomic mass is 9.91.